The average Bonchev–Trinajstić information content (AvgIpc) is 2.43. The summed E-state index contributed by atoms with van der Waals surface area (Å²) in [4.78, 5) is 11.7. The van der Waals surface area contributed by atoms with Gasteiger partial charge in [0, 0.05) is 16.1 Å². The summed E-state index contributed by atoms with van der Waals surface area (Å²) in [6, 6.07) is 7.48. The molecule has 0 atom stereocenters. The third-order valence-electron chi connectivity index (χ3n) is 2.65. The summed E-state index contributed by atoms with van der Waals surface area (Å²) < 4.78 is 14.5. The molecule has 100 valence electrons. The van der Waals surface area contributed by atoms with Gasteiger partial charge in [-0.3, -0.25) is 4.98 Å². The summed E-state index contributed by atoms with van der Waals surface area (Å²) in [5.74, 6) is -0.564. The normalized spacial score (nSPS) is 10.8. The van der Waals surface area contributed by atoms with Crippen LogP contribution in [0.5, 0.6) is 0 Å². The smallest absolute Gasteiger partial charge is 0.224 e. The molecule has 0 radical (unpaired) electrons. The van der Waals surface area contributed by atoms with Gasteiger partial charge >= 0.3 is 0 Å². The van der Waals surface area contributed by atoms with Crippen molar-refractivity contribution >= 4 is 49.9 Å². The summed E-state index contributed by atoms with van der Waals surface area (Å²) in [6.45, 7) is 0. The Bertz CT molecular complexity index is 796. The second-order valence-corrected chi connectivity index (χ2v) is 5.25. The number of anilines is 2. The Labute approximate surface area is 127 Å². The van der Waals surface area contributed by atoms with Crippen LogP contribution in [0.3, 0.4) is 0 Å². The molecule has 0 aliphatic carbocycles. The number of fused-ring (bicyclic) bond motifs is 1. The zero-order valence-electron chi connectivity index (χ0n) is 9.94. The lowest BCUT2D eigenvalue weighted by Crippen LogP contribution is -2.00. The first-order chi connectivity index (χ1) is 9.63. The van der Waals surface area contributed by atoms with Crippen molar-refractivity contribution < 1.29 is 4.39 Å². The van der Waals surface area contributed by atoms with E-state index in [4.69, 9.17) is 11.6 Å². The van der Waals surface area contributed by atoms with E-state index in [-0.39, 0.29) is 11.1 Å². The van der Waals surface area contributed by atoms with Crippen LogP contribution in [0.25, 0.3) is 10.9 Å². The fourth-order valence-corrected chi connectivity index (χ4v) is 2.28. The first-order valence-electron chi connectivity index (χ1n) is 5.63. The van der Waals surface area contributed by atoms with Crippen molar-refractivity contribution in [3.8, 4) is 0 Å². The molecule has 3 aromatic rings. The van der Waals surface area contributed by atoms with Gasteiger partial charge in [0.1, 0.15) is 0 Å². The van der Waals surface area contributed by atoms with Gasteiger partial charge in [-0.25, -0.2) is 9.37 Å². The lowest BCUT2D eigenvalue weighted by Gasteiger charge is -2.09. The van der Waals surface area contributed by atoms with Gasteiger partial charge in [-0.15, -0.1) is 0 Å². The van der Waals surface area contributed by atoms with E-state index in [9.17, 15) is 4.39 Å². The third-order valence-corrected chi connectivity index (χ3v) is 3.26. The van der Waals surface area contributed by atoms with Crippen molar-refractivity contribution in [2.45, 2.75) is 0 Å². The Morgan fingerprint density at radius 3 is 2.90 bits per heavy atom. The second kappa shape index (κ2) is 5.30. The van der Waals surface area contributed by atoms with Gasteiger partial charge in [-0.1, -0.05) is 12.1 Å². The van der Waals surface area contributed by atoms with Crippen LogP contribution in [-0.2, 0) is 0 Å². The Balaban J connectivity index is 2.09. The van der Waals surface area contributed by atoms with E-state index < -0.39 is 5.82 Å². The number of hydrogen-bond donors (Lipinski definition) is 1. The highest BCUT2D eigenvalue weighted by atomic mass is 79.9. The second-order valence-electron chi connectivity index (χ2n) is 3.99. The summed E-state index contributed by atoms with van der Waals surface area (Å²) in [6.07, 6.45) is 2.70. The van der Waals surface area contributed by atoms with E-state index in [2.05, 4.69) is 36.2 Å². The fourth-order valence-electron chi connectivity index (χ4n) is 1.80. The molecule has 0 spiro atoms. The summed E-state index contributed by atoms with van der Waals surface area (Å²) in [5.41, 5.74) is 1.36. The lowest BCUT2D eigenvalue weighted by atomic mass is 10.2. The molecule has 0 fully saturated rings. The Hall–Kier alpha value is -1.79. The maximum Gasteiger partial charge on any atom is 0.224 e. The zero-order chi connectivity index (χ0) is 14.1. The highest BCUT2D eigenvalue weighted by molar-refractivity contribution is 9.10. The van der Waals surface area contributed by atoms with Gasteiger partial charge in [0.2, 0.25) is 5.28 Å². The van der Waals surface area contributed by atoms with Crippen LogP contribution >= 0.6 is 27.5 Å². The molecule has 20 heavy (non-hydrogen) atoms. The van der Waals surface area contributed by atoms with Crippen molar-refractivity contribution in [3.63, 3.8) is 0 Å². The molecule has 2 aromatic heterocycles. The summed E-state index contributed by atoms with van der Waals surface area (Å²) in [5, 5.41) is 3.79. The molecule has 2 heterocycles. The number of pyridine rings is 1. The van der Waals surface area contributed by atoms with E-state index in [1.54, 1.807) is 12.3 Å². The van der Waals surface area contributed by atoms with Crippen molar-refractivity contribution in [3.05, 3.63) is 52.2 Å². The molecule has 4 nitrogen and oxygen atoms in total. The number of nitrogens with one attached hydrogen (secondary N) is 1. The molecule has 3 rings (SSSR count). The maximum absolute atomic E-state index is 13.6. The van der Waals surface area contributed by atoms with Gasteiger partial charge < -0.3 is 5.32 Å². The largest absolute Gasteiger partial charge is 0.336 e. The van der Waals surface area contributed by atoms with E-state index in [0.717, 1.165) is 16.1 Å². The number of halogens is 3. The van der Waals surface area contributed by atoms with E-state index in [0.29, 0.717) is 11.2 Å². The Morgan fingerprint density at radius 1 is 1.20 bits per heavy atom. The van der Waals surface area contributed by atoms with Crippen LogP contribution in [0, 0.1) is 5.82 Å². The molecule has 0 aliphatic heterocycles. The fraction of sp³-hybridized carbons (Fsp3) is 0. The third kappa shape index (κ3) is 2.57. The van der Waals surface area contributed by atoms with E-state index in [1.165, 1.54) is 0 Å². The first kappa shape index (κ1) is 13.2. The number of benzene rings is 1. The predicted molar refractivity (Wildman–Crippen MR) is 79.7 cm³/mol. The monoisotopic (exact) mass is 352 g/mol. The average molecular weight is 354 g/mol. The van der Waals surface area contributed by atoms with Crippen LogP contribution < -0.4 is 5.32 Å². The number of para-hydroxylation sites is 1. The Morgan fingerprint density at radius 2 is 2.05 bits per heavy atom. The summed E-state index contributed by atoms with van der Waals surface area (Å²) in [7, 11) is 0. The van der Waals surface area contributed by atoms with Crippen LogP contribution in [0.15, 0.2) is 41.1 Å². The van der Waals surface area contributed by atoms with E-state index >= 15 is 0 Å². The number of hydrogen-bond acceptors (Lipinski definition) is 4. The zero-order valence-corrected chi connectivity index (χ0v) is 12.3. The molecule has 0 bridgehead atoms. The predicted octanol–water partition coefficient (Wildman–Crippen LogP) is 4.32. The van der Waals surface area contributed by atoms with Gasteiger partial charge in [-0.05, 0) is 39.7 Å². The van der Waals surface area contributed by atoms with Gasteiger partial charge in [0.05, 0.1) is 17.4 Å². The van der Waals surface area contributed by atoms with Gasteiger partial charge in [-0.2, -0.15) is 4.98 Å². The topological polar surface area (TPSA) is 50.7 Å². The molecule has 7 heteroatoms. The van der Waals surface area contributed by atoms with E-state index in [1.807, 2.05) is 18.2 Å². The Kier molecular flexibility index (Phi) is 3.50. The van der Waals surface area contributed by atoms with Crippen molar-refractivity contribution in [1.29, 1.82) is 0 Å². The quantitative estimate of drug-likeness (QED) is 0.697. The first-order valence-corrected chi connectivity index (χ1v) is 6.80. The van der Waals surface area contributed by atoms with Crippen molar-refractivity contribution in [2.75, 3.05) is 5.32 Å². The van der Waals surface area contributed by atoms with Crippen LogP contribution in [-0.4, -0.2) is 15.0 Å². The van der Waals surface area contributed by atoms with Crippen molar-refractivity contribution in [2.24, 2.45) is 0 Å². The van der Waals surface area contributed by atoms with Crippen LogP contribution in [0.2, 0.25) is 5.28 Å². The minimum atomic E-state index is -0.580. The number of rotatable bonds is 2. The lowest BCUT2D eigenvalue weighted by molar-refractivity contribution is 0.619. The molecular weight excluding hydrogens is 347 g/mol. The highest BCUT2D eigenvalue weighted by Crippen LogP contribution is 2.27. The standard InChI is InChI=1S/C13H7BrClFN4/c14-8-4-7-2-1-3-10(11(7)17-5-8)19-12-9(16)6-18-13(15)20-12/h1-6H,(H,18,19,20). The minimum absolute atomic E-state index is 0.0159. The molecule has 0 unspecified atom stereocenters. The van der Waals surface area contributed by atoms with Gasteiger partial charge in [0.25, 0.3) is 0 Å². The van der Waals surface area contributed by atoms with Gasteiger partial charge in [0.15, 0.2) is 11.6 Å². The van der Waals surface area contributed by atoms with Crippen molar-refractivity contribution in [1.82, 2.24) is 15.0 Å². The highest BCUT2D eigenvalue weighted by Gasteiger charge is 2.09. The molecule has 0 saturated carbocycles. The minimum Gasteiger partial charge on any atom is -0.336 e. The molecule has 0 saturated heterocycles. The molecule has 0 amide bonds. The van der Waals surface area contributed by atoms with Crippen LogP contribution in [0.4, 0.5) is 15.9 Å². The molecule has 1 N–H and O–H groups in total. The SMILES string of the molecule is Fc1cnc(Cl)nc1Nc1cccc2cc(Br)cnc12. The maximum atomic E-state index is 13.6. The molecule has 0 aliphatic rings. The molecule has 1 aromatic carbocycles. The summed E-state index contributed by atoms with van der Waals surface area (Å²) >= 11 is 9.04. The number of nitrogens with zero attached hydrogens (tertiary/aromatic N) is 3. The number of aromatic nitrogens is 3. The molecular formula is C13H7BrClFN4. The van der Waals surface area contributed by atoms with Crippen LogP contribution in [0.1, 0.15) is 0 Å².